The first-order valence-corrected chi connectivity index (χ1v) is 7.21. The number of aromatic amines is 1. The van der Waals surface area contributed by atoms with Crippen LogP contribution in [0.25, 0.3) is 11.0 Å². The van der Waals surface area contributed by atoms with Gasteiger partial charge in [0.15, 0.2) is 0 Å². The molecule has 2 amide bonds. The molecule has 1 fully saturated rings. The van der Waals surface area contributed by atoms with Gasteiger partial charge in [0.25, 0.3) is 5.91 Å². The van der Waals surface area contributed by atoms with Gasteiger partial charge in [-0.15, -0.1) is 0 Å². The quantitative estimate of drug-likeness (QED) is 0.881. The molecule has 2 heterocycles. The minimum Gasteiger partial charge on any atom is -0.365 e. The maximum Gasteiger partial charge on any atom is 0.253 e. The lowest BCUT2D eigenvalue weighted by molar-refractivity contribution is -0.130. The number of rotatable bonds is 2. The monoisotopic (exact) mass is 304 g/mol. The van der Waals surface area contributed by atoms with E-state index in [0.717, 1.165) is 19.4 Å². The van der Waals surface area contributed by atoms with Gasteiger partial charge in [-0.2, -0.15) is 0 Å². The van der Waals surface area contributed by atoms with Crippen LogP contribution in [-0.2, 0) is 4.79 Å². The summed E-state index contributed by atoms with van der Waals surface area (Å²) in [5.74, 6) is -0.769. The highest BCUT2D eigenvalue weighted by Crippen LogP contribution is 2.28. The van der Waals surface area contributed by atoms with E-state index in [1.54, 1.807) is 17.9 Å². The fraction of sp³-hybridized carbons (Fsp3) is 0.400. The largest absolute Gasteiger partial charge is 0.365 e. The SMILES string of the molecule is CC(=O)N1CCCC(c2nc3c(C(N)=O)c(F)ccc3[nH]2)C1. The summed E-state index contributed by atoms with van der Waals surface area (Å²) in [4.78, 5) is 32.2. The first-order valence-electron chi connectivity index (χ1n) is 7.21. The second-order valence-electron chi connectivity index (χ2n) is 5.61. The number of halogens is 1. The molecule has 6 nitrogen and oxygen atoms in total. The summed E-state index contributed by atoms with van der Waals surface area (Å²) in [6.45, 7) is 2.86. The molecular weight excluding hydrogens is 287 g/mol. The number of carbonyl (C=O) groups excluding carboxylic acids is 2. The lowest BCUT2D eigenvalue weighted by atomic mass is 9.97. The van der Waals surface area contributed by atoms with Crippen LogP contribution in [0.5, 0.6) is 0 Å². The molecule has 1 aliphatic heterocycles. The van der Waals surface area contributed by atoms with E-state index in [9.17, 15) is 14.0 Å². The standard InChI is InChI=1S/C15H17FN4O2/c1-8(21)20-6-2-3-9(7-20)15-18-11-5-4-10(16)12(14(17)22)13(11)19-15/h4-5,9H,2-3,6-7H2,1H3,(H2,17,22)(H,18,19). The molecule has 0 radical (unpaired) electrons. The molecule has 1 aromatic carbocycles. The minimum absolute atomic E-state index is 0.0321. The van der Waals surface area contributed by atoms with Crippen molar-refractivity contribution in [3.05, 3.63) is 29.3 Å². The number of amides is 2. The molecule has 3 rings (SSSR count). The molecule has 1 saturated heterocycles. The second kappa shape index (κ2) is 5.40. The molecule has 22 heavy (non-hydrogen) atoms. The van der Waals surface area contributed by atoms with Crippen molar-refractivity contribution in [3.8, 4) is 0 Å². The lowest BCUT2D eigenvalue weighted by Crippen LogP contribution is -2.37. The summed E-state index contributed by atoms with van der Waals surface area (Å²) < 4.78 is 13.8. The number of aromatic nitrogens is 2. The van der Waals surface area contributed by atoms with E-state index < -0.39 is 11.7 Å². The molecular formula is C15H17FN4O2. The van der Waals surface area contributed by atoms with Crippen LogP contribution in [0.15, 0.2) is 12.1 Å². The normalized spacial score (nSPS) is 18.6. The molecule has 2 aromatic rings. The van der Waals surface area contributed by atoms with Crippen molar-refractivity contribution >= 4 is 22.8 Å². The molecule has 3 N–H and O–H groups in total. The van der Waals surface area contributed by atoms with Gasteiger partial charge in [0.2, 0.25) is 5.91 Å². The van der Waals surface area contributed by atoms with Gasteiger partial charge in [-0.1, -0.05) is 0 Å². The molecule has 7 heteroatoms. The number of nitrogens with two attached hydrogens (primary N) is 1. The van der Waals surface area contributed by atoms with Gasteiger partial charge in [0.1, 0.15) is 22.7 Å². The Morgan fingerprint density at radius 1 is 1.45 bits per heavy atom. The molecule has 1 aliphatic rings. The number of hydrogen-bond donors (Lipinski definition) is 2. The highest BCUT2D eigenvalue weighted by atomic mass is 19.1. The third kappa shape index (κ3) is 2.43. The van der Waals surface area contributed by atoms with E-state index in [2.05, 4.69) is 9.97 Å². The van der Waals surface area contributed by atoms with Crippen LogP contribution in [0.1, 0.15) is 41.9 Å². The highest BCUT2D eigenvalue weighted by Gasteiger charge is 2.26. The van der Waals surface area contributed by atoms with Crippen molar-refractivity contribution in [2.75, 3.05) is 13.1 Å². The van der Waals surface area contributed by atoms with Gasteiger partial charge >= 0.3 is 0 Å². The third-order valence-corrected chi connectivity index (χ3v) is 4.12. The van der Waals surface area contributed by atoms with Crippen molar-refractivity contribution in [3.63, 3.8) is 0 Å². The van der Waals surface area contributed by atoms with Crippen molar-refractivity contribution < 1.29 is 14.0 Å². The predicted molar refractivity (Wildman–Crippen MR) is 78.8 cm³/mol. The number of hydrogen-bond acceptors (Lipinski definition) is 3. The molecule has 1 aromatic heterocycles. The van der Waals surface area contributed by atoms with Crippen LogP contribution in [0.3, 0.4) is 0 Å². The smallest absolute Gasteiger partial charge is 0.253 e. The van der Waals surface area contributed by atoms with Crippen LogP contribution >= 0.6 is 0 Å². The topological polar surface area (TPSA) is 92.1 Å². The summed E-state index contributed by atoms with van der Waals surface area (Å²) in [5.41, 5.74) is 5.88. The fourth-order valence-corrected chi connectivity index (χ4v) is 2.98. The third-order valence-electron chi connectivity index (χ3n) is 4.12. The molecule has 0 saturated carbocycles. The van der Waals surface area contributed by atoms with Crippen molar-refractivity contribution in [1.82, 2.24) is 14.9 Å². The van der Waals surface area contributed by atoms with Crippen LogP contribution < -0.4 is 5.73 Å². The summed E-state index contributed by atoms with van der Waals surface area (Å²) in [6, 6.07) is 2.74. The molecule has 0 bridgehead atoms. The number of imidazole rings is 1. The summed E-state index contributed by atoms with van der Waals surface area (Å²) >= 11 is 0. The Bertz CT molecular complexity index is 755. The van der Waals surface area contributed by atoms with Crippen LogP contribution in [-0.4, -0.2) is 39.8 Å². The second-order valence-corrected chi connectivity index (χ2v) is 5.61. The van der Waals surface area contributed by atoms with Crippen LogP contribution in [0.4, 0.5) is 4.39 Å². The van der Waals surface area contributed by atoms with E-state index in [0.29, 0.717) is 17.9 Å². The predicted octanol–water partition coefficient (Wildman–Crippen LogP) is 1.53. The zero-order valence-electron chi connectivity index (χ0n) is 12.2. The number of likely N-dealkylation sites (tertiary alicyclic amines) is 1. The molecule has 1 unspecified atom stereocenters. The number of carbonyl (C=O) groups is 2. The summed E-state index contributed by atoms with van der Waals surface area (Å²) in [7, 11) is 0. The Balaban J connectivity index is 2.00. The summed E-state index contributed by atoms with van der Waals surface area (Å²) in [5, 5.41) is 0. The average Bonchev–Trinajstić information content (AvgIpc) is 2.90. The fourth-order valence-electron chi connectivity index (χ4n) is 2.98. The average molecular weight is 304 g/mol. The Kier molecular flexibility index (Phi) is 3.56. The van der Waals surface area contributed by atoms with Crippen LogP contribution in [0.2, 0.25) is 0 Å². The van der Waals surface area contributed by atoms with Crippen LogP contribution in [0, 0.1) is 5.82 Å². The number of nitrogens with one attached hydrogen (secondary N) is 1. The van der Waals surface area contributed by atoms with Gasteiger partial charge in [-0.25, -0.2) is 9.37 Å². The number of primary amides is 1. The van der Waals surface area contributed by atoms with E-state index in [4.69, 9.17) is 5.73 Å². The van der Waals surface area contributed by atoms with E-state index in [-0.39, 0.29) is 22.9 Å². The minimum atomic E-state index is -0.838. The van der Waals surface area contributed by atoms with Gasteiger partial charge in [0.05, 0.1) is 5.52 Å². The zero-order chi connectivity index (χ0) is 15.9. The maximum absolute atomic E-state index is 13.8. The number of piperidine rings is 1. The first kappa shape index (κ1) is 14.5. The zero-order valence-corrected chi connectivity index (χ0v) is 12.2. The number of benzene rings is 1. The molecule has 0 spiro atoms. The maximum atomic E-state index is 13.8. The van der Waals surface area contributed by atoms with Gasteiger partial charge in [-0.3, -0.25) is 9.59 Å². The summed E-state index contributed by atoms with van der Waals surface area (Å²) in [6.07, 6.45) is 1.77. The van der Waals surface area contributed by atoms with E-state index >= 15 is 0 Å². The molecule has 1 atom stereocenters. The Morgan fingerprint density at radius 3 is 2.91 bits per heavy atom. The number of nitrogens with zero attached hydrogens (tertiary/aromatic N) is 2. The van der Waals surface area contributed by atoms with E-state index in [1.807, 2.05) is 0 Å². The number of fused-ring (bicyclic) bond motifs is 1. The van der Waals surface area contributed by atoms with Crippen molar-refractivity contribution in [2.45, 2.75) is 25.7 Å². The van der Waals surface area contributed by atoms with Gasteiger partial charge in [-0.05, 0) is 25.0 Å². The van der Waals surface area contributed by atoms with Crippen molar-refractivity contribution in [1.29, 1.82) is 0 Å². The molecule has 0 aliphatic carbocycles. The van der Waals surface area contributed by atoms with Gasteiger partial charge < -0.3 is 15.6 Å². The van der Waals surface area contributed by atoms with Crippen molar-refractivity contribution in [2.24, 2.45) is 5.73 Å². The first-order chi connectivity index (χ1) is 10.5. The number of H-pyrrole nitrogens is 1. The Labute approximate surface area is 126 Å². The van der Waals surface area contributed by atoms with E-state index in [1.165, 1.54) is 6.07 Å². The Hall–Kier alpha value is -2.44. The Morgan fingerprint density at radius 2 is 2.23 bits per heavy atom. The molecule has 116 valence electrons. The van der Waals surface area contributed by atoms with Gasteiger partial charge in [0, 0.05) is 25.9 Å². The highest BCUT2D eigenvalue weighted by molar-refractivity contribution is 6.04. The lowest BCUT2D eigenvalue weighted by Gasteiger charge is -2.30.